The fraction of sp³-hybridized carbons (Fsp3) is 0.300. The van der Waals surface area contributed by atoms with E-state index in [1.54, 1.807) is 0 Å². The van der Waals surface area contributed by atoms with Crippen LogP contribution in [-0.2, 0) is 18.5 Å². The summed E-state index contributed by atoms with van der Waals surface area (Å²) in [6.45, 7) is 0.565. The van der Waals surface area contributed by atoms with Crippen LogP contribution in [0.25, 0.3) is 11.1 Å². The van der Waals surface area contributed by atoms with Gasteiger partial charge in [-0.15, -0.1) is 0 Å². The van der Waals surface area contributed by atoms with E-state index in [2.05, 4.69) is 24.3 Å². The van der Waals surface area contributed by atoms with Crippen LogP contribution in [0.2, 0.25) is 0 Å². The highest BCUT2D eigenvalue weighted by atomic mass is 32.2. The highest BCUT2D eigenvalue weighted by Crippen LogP contribution is 2.44. The maximum Gasteiger partial charge on any atom is 0.422 e. The first kappa shape index (κ1) is 17.9. The number of fused-ring (bicyclic) bond motifs is 3. The number of nitrogens with zero attached hydrogens (tertiary/aromatic N) is 1. The van der Waals surface area contributed by atoms with Gasteiger partial charge in [0, 0.05) is 12.3 Å². The third-order valence-electron chi connectivity index (χ3n) is 4.88. The number of methoxy groups -OCH3 is 1. The van der Waals surface area contributed by atoms with Crippen molar-refractivity contribution in [2.75, 3.05) is 20.3 Å². The molecule has 0 unspecified atom stereocenters. The van der Waals surface area contributed by atoms with Gasteiger partial charge in [0.25, 0.3) is 0 Å². The maximum absolute atomic E-state index is 12.6. The number of ether oxygens (including phenoxy) is 2. The number of carbonyl (C=O) groups is 2. The molecule has 4 rings (SSSR count). The molecule has 0 spiro atoms. The number of rotatable bonds is 3. The Balaban J connectivity index is 1.51. The highest BCUT2D eigenvalue weighted by Gasteiger charge is 2.37. The van der Waals surface area contributed by atoms with Gasteiger partial charge in [-0.3, -0.25) is 4.18 Å². The molecule has 1 saturated heterocycles. The van der Waals surface area contributed by atoms with Gasteiger partial charge in [-0.25, -0.2) is 13.9 Å². The third-order valence-corrected chi connectivity index (χ3v) is 5.72. The van der Waals surface area contributed by atoms with Gasteiger partial charge >= 0.3 is 12.1 Å². The Morgan fingerprint density at radius 2 is 1.74 bits per heavy atom. The van der Waals surface area contributed by atoms with E-state index >= 15 is 0 Å². The van der Waals surface area contributed by atoms with E-state index in [0.29, 0.717) is 13.0 Å². The summed E-state index contributed by atoms with van der Waals surface area (Å²) in [5.41, 5.74) is 4.60. The second kappa shape index (κ2) is 7.62. The lowest BCUT2D eigenvalue weighted by molar-refractivity contribution is -0.145. The molecule has 2 aromatic carbocycles. The summed E-state index contributed by atoms with van der Waals surface area (Å²) in [4.78, 5) is 24.5. The van der Waals surface area contributed by atoms with Crippen LogP contribution in [0.3, 0.4) is 0 Å². The van der Waals surface area contributed by atoms with Gasteiger partial charge in [-0.2, -0.15) is 0 Å². The lowest BCUT2D eigenvalue weighted by atomic mass is 9.98. The normalized spacial score (nSPS) is 18.6. The highest BCUT2D eigenvalue weighted by molar-refractivity contribution is 7.92. The molecule has 27 heavy (non-hydrogen) atoms. The Bertz CT molecular complexity index is 825. The molecule has 0 radical (unpaired) electrons. The molecule has 6 nitrogen and oxygen atoms in total. The van der Waals surface area contributed by atoms with Crippen LogP contribution in [0.1, 0.15) is 23.5 Å². The van der Waals surface area contributed by atoms with Gasteiger partial charge in [0.2, 0.25) is 0 Å². The van der Waals surface area contributed by atoms with Crippen molar-refractivity contribution in [3.05, 3.63) is 59.7 Å². The van der Waals surface area contributed by atoms with Crippen molar-refractivity contribution in [3.63, 3.8) is 0 Å². The van der Waals surface area contributed by atoms with E-state index in [1.165, 1.54) is 11.4 Å². The summed E-state index contributed by atoms with van der Waals surface area (Å²) < 4.78 is 16.8. The fourth-order valence-electron chi connectivity index (χ4n) is 3.59. The van der Waals surface area contributed by atoms with E-state index < -0.39 is 18.1 Å². The van der Waals surface area contributed by atoms with Crippen LogP contribution in [0.4, 0.5) is 4.79 Å². The van der Waals surface area contributed by atoms with Crippen molar-refractivity contribution in [1.82, 2.24) is 4.31 Å². The largest absolute Gasteiger partial charge is 0.467 e. The van der Waals surface area contributed by atoms with Crippen LogP contribution in [-0.4, -0.2) is 42.7 Å². The Morgan fingerprint density at radius 1 is 1.11 bits per heavy atom. The lowest BCUT2D eigenvalue weighted by Crippen LogP contribution is -2.45. The molecule has 1 heterocycles. The van der Waals surface area contributed by atoms with Crippen LogP contribution in [0, 0.1) is 0 Å². The van der Waals surface area contributed by atoms with Crippen molar-refractivity contribution in [2.45, 2.75) is 18.4 Å². The summed E-state index contributed by atoms with van der Waals surface area (Å²) in [7, 11) is 1.30. The van der Waals surface area contributed by atoms with Gasteiger partial charge in [0.1, 0.15) is 24.9 Å². The monoisotopic (exact) mass is 385 g/mol. The number of hydrogen-bond acceptors (Lipinski definition) is 6. The van der Waals surface area contributed by atoms with Crippen molar-refractivity contribution in [1.29, 1.82) is 0 Å². The SMILES string of the molecule is COC(=O)[C@@H]1CCOSN1C(=O)OCC1c2ccccc2-c2ccccc21. The van der Waals surface area contributed by atoms with Crippen LogP contribution < -0.4 is 0 Å². The number of amides is 1. The standard InChI is InChI=1S/C20H19NO5S/c1-24-19(22)18-10-11-26-27-21(18)20(23)25-12-17-15-8-4-2-6-13(15)14-7-3-5-9-16(14)17/h2-9,17-18H,10-12H2,1H3/t18-/m0/s1. The molecule has 0 saturated carbocycles. The van der Waals surface area contributed by atoms with E-state index in [4.69, 9.17) is 13.7 Å². The summed E-state index contributed by atoms with van der Waals surface area (Å²) >= 11 is 0.835. The first-order valence-corrected chi connectivity index (χ1v) is 9.42. The molecule has 1 atom stereocenters. The Kier molecular flexibility index (Phi) is 5.05. The van der Waals surface area contributed by atoms with Crippen molar-refractivity contribution in [3.8, 4) is 11.1 Å². The molecular formula is C20H19NO5S. The molecule has 0 bridgehead atoms. The van der Waals surface area contributed by atoms with Gasteiger partial charge in [-0.1, -0.05) is 48.5 Å². The summed E-state index contributed by atoms with van der Waals surface area (Å²) in [6.07, 6.45) is -0.221. The maximum atomic E-state index is 12.6. The number of hydrogen-bond donors (Lipinski definition) is 0. The Labute approximate surface area is 161 Å². The summed E-state index contributed by atoms with van der Waals surface area (Å²) in [6, 6.07) is 15.6. The molecule has 0 N–H and O–H groups in total. The predicted octanol–water partition coefficient (Wildman–Crippen LogP) is 3.76. The first-order chi connectivity index (χ1) is 13.2. The Morgan fingerprint density at radius 3 is 2.37 bits per heavy atom. The van der Waals surface area contributed by atoms with E-state index in [0.717, 1.165) is 34.5 Å². The van der Waals surface area contributed by atoms with Crippen LogP contribution in [0.5, 0.6) is 0 Å². The zero-order valence-corrected chi connectivity index (χ0v) is 15.6. The van der Waals surface area contributed by atoms with E-state index in [-0.39, 0.29) is 12.5 Å². The third kappa shape index (κ3) is 3.28. The van der Waals surface area contributed by atoms with Crippen molar-refractivity contribution in [2.24, 2.45) is 0 Å². The molecule has 140 valence electrons. The lowest BCUT2D eigenvalue weighted by Gasteiger charge is -2.30. The van der Waals surface area contributed by atoms with Crippen LogP contribution >= 0.6 is 12.2 Å². The predicted molar refractivity (Wildman–Crippen MR) is 101 cm³/mol. The zero-order valence-electron chi connectivity index (χ0n) is 14.8. The van der Waals surface area contributed by atoms with E-state index in [9.17, 15) is 9.59 Å². The van der Waals surface area contributed by atoms with Gasteiger partial charge < -0.3 is 9.47 Å². The van der Waals surface area contributed by atoms with Gasteiger partial charge in [0.05, 0.1) is 13.7 Å². The van der Waals surface area contributed by atoms with E-state index in [1.807, 2.05) is 24.3 Å². The summed E-state index contributed by atoms with van der Waals surface area (Å²) in [5.74, 6) is -0.507. The average Bonchev–Trinajstić information content (AvgIpc) is 3.05. The molecule has 0 aromatic heterocycles. The zero-order chi connectivity index (χ0) is 18.8. The Hall–Kier alpha value is -2.51. The second-order valence-electron chi connectivity index (χ2n) is 6.35. The minimum absolute atomic E-state index is 0.0337. The molecule has 2 aromatic rings. The second-order valence-corrected chi connectivity index (χ2v) is 7.13. The molecule has 1 aliphatic carbocycles. The van der Waals surface area contributed by atoms with Crippen molar-refractivity contribution >= 4 is 24.3 Å². The van der Waals surface area contributed by atoms with Crippen LogP contribution in [0.15, 0.2) is 48.5 Å². The van der Waals surface area contributed by atoms with Gasteiger partial charge in [-0.05, 0) is 22.3 Å². The quantitative estimate of drug-likeness (QED) is 0.455. The average molecular weight is 385 g/mol. The fourth-order valence-corrected chi connectivity index (χ4v) is 4.28. The first-order valence-electron chi connectivity index (χ1n) is 8.72. The molecule has 1 aliphatic heterocycles. The molecule has 1 amide bonds. The minimum atomic E-state index is -0.704. The molecular weight excluding hydrogens is 366 g/mol. The number of esters is 1. The minimum Gasteiger partial charge on any atom is -0.467 e. The molecule has 2 aliphatic rings. The smallest absolute Gasteiger partial charge is 0.422 e. The van der Waals surface area contributed by atoms with Crippen molar-refractivity contribution < 1.29 is 23.2 Å². The summed E-state index contributed by atoms with van der Waals surface area (Å²) in [5, 5.41) is 0. The number of carbonyl (C=O) groups excluding carboxylic acids is 2. The van der Waals surface area contributed by atoms with Gasteiger partial charge in [0.15, 0.2) is 0 Å². The molecule has 1 fully saturated rings. The molecule has 7 heteroatoms. The topological polar surface area (TPSA) is 65.1 Å². The number of benzene rings is 2.